The normalized spacial score (nSPS) is 11.5. The Morgan fingerprint density at radius 3 is 2.44 bits per heavy atom. The molecule has 0 fully saturated rings. The number of carbonyl (C=O) groups is 1. The number of rotatable bonds is 3. The van der Waals surface area contributed by atoms with Crippen LogP contribution in [0.25, 0.3) is 5.69 Å². The van der Waals surface area contributed by atoms with Gasteiger partial charge in [0.15, 0.2) is 0 Å². The number of alkyl halides is 3. The van der Waals surface area contributed by atoms with Crippen molar-refractivity contribution < 1.29 is 26.7 Å². The summed E-state index contributed by atoms with van der Waals surface area (Å²) in [5.74, 6) is -2.75. The number of para-hydroxylation sites is 1. The molecular weight excluding hydrogens is 369 g/mol. The second kappa shape index (κ2) is 6.82. The van der Waals surface area contributed by atoms with E-state index in [1.807, 2.05) is 0 Å². The van der Waals surface area contributed by atoms with Crippen molar-refractivity contribution >= 4 is 11.6 Å². The standard InChI is InChI=1S/C18H12F5N3O/c1-10-12(9-24-26(10)16-5-3-2-4-15(16)20)17(27)25-11-6-7-14(19)13(8-11)18(21,22)23/h2-9H,1H3,(H,25,27). The lowest BCUT2D eigenvalue weighted by Gasteiger charge is -2.11. The highest BCUT2D eigenvalue weighted by atomic mass is 19.4. The lowest BCUT2D eigenvalue weighted by atomic mass is 10.1. The first-order valence-corrected chi connectivity index (χ1v) is 7.66. The molecule has 1 amide bonds. The summed E-state index contributed by atoms with van der Waals surface area (Å²) in [6, 6.07) is 7.92. The highest BCUT2D eigenvalue weighted by Crippen LogP contribution is 2.33. The van der Waals surface area contributed by atoms with E-state index in [1.54, 1.807) is 6.07 Å². The first-order chi connectivity index (χ1) is 12.7. The fourth-order valence-corrected chi connectivity index (χ4v) is 2.52. The van der Waals surface area contributed by atoms with Crippen LogP contribution in [-0.4, -0.2) is 15.7 Å². The lowest BCUT2D eigenvalue weighted by Crippen LogP contribution is -2.15. The van der Waals surface area contributed by atoms with Crippen LogP contribution in [0.5, 0.6) is 0 Å². The number of hydrogen-bond donors (Lipinski definition) is 1. The first-order valence-electron chi connectivity index (χ1n) is 7.66. The Kier molecular flexibility index (Phi) is 4.69. The van der Waals surface area contributed by atoms with Crippen molar-refractivity contribution in [3.05, 3.63) is 77.1 Å². The number of nitrogens with one attached hydrogen (secondary N) is 1. The molecule has 9 heteroatoms. The van der Waals surface area contributed by atoms with Gasteiger partial charge < -0.3 is 5.32 Å². The van der Waals surface area contributed by atoms with Gasteiger partial charge in [0, 0.05) is 5.69 Å². The van der Waals surface area contributed by atoms with E-state index in [2.05, 4.69) is 10.4 Å². The van der Waals surface area contributed by atoms with Gasteiger partial charge in [-0.2, -0.15) is 18.3 Å². The van der Waals surface area contributed by atoms with Gasteiger partial charge >= 0.3 is 6.18 Å². The average molecular weight is 381 g/mol. The monoisotopic (exact) mass is 381 g/mol. The minimum atomic E-state index is -4.89. The Morgan fingerprint density at radius 2 is 1.78 bits per heavy atom. The lowest BCUT2D eigenvalue weighted by molar-refractivity contribution is -0.139. The third kappa shape index (κ3) is 3.67. The smallest absolute Gasteiger partial charge is 0.322 e. The zero-order valence-corrected chi connectivity index (χ0v) is 13.8. The Labute approximate surface area is 150 Å². The second-order valence-electron chi connectivity index (χ2n) is 5.65. The van der Waals surface area contributed by atoms with Gasteiger partial charge in [-0.1, -0.05) is 12.1 Å². The van der Waals surface area contributed by atoms with Crippen LogP contribution in [0.15, 0.2) is 48.7 Å². The van der Waals surface area contributed by atoms with Crippen LogP contribution >= 0.6 is 0 Å². The van der Waals surface area contributed by atoms with Crippen molar-refractivity contribution in [3.63, 3.8) is 0 Å². The van der Waals surface area contributed by atoms with E-state index in [4.69, 9.17) is 0 Å². The summed E-state index contributed by atoms with van der Waals surface area (Å²) in [4.78, 5) is 12.4. The van der Waals surface area contributed by atoms with Crippen molar-refractivity contribution in [1.29, 1.82) is 0 Å². The summed E-state index contributed by atoms with van der Waals surface area (Å²) in [6.45, 7) is 1.51. The Bertz CT molecular complexity index is 1010. The number of carbonyl (C=O) groups excluding carboxylic acids is 1. The van der Waals surface area contributed by atoms with Crippen LogP contribution in [0.1, 0.15) is 21.6 Å². The van der Waals surface area contributed by atoms with Gasteiger partial charge in [0.2, 0.25) is 0 Å². The number of amides is 1. The summed E-state index contributed by atoms with van der Waals surface area (Å²) in [7, 11) is 0. The Hall–Kier alpha value is -3.23. The van der Waals surface area contributed by atoms with Crippen molar-refractivity contribution in [2.45, 2.75) is 13.1 Å². The van der Waals surface area contributed by atoms with E-state index in [0.717, 1.165) is 6.07 Å². The molecule has 0 aliphatic rings. The van der Waals surface area contributed by atoms with Gasteiger partial charge in [0.25, 0.3) is 5.91 Å². The molecular formula is C18H12F5N3O. The van der Waals surface area contributed by atoms with E-state index < -0.39 is 29.3 Å². The molecule has 3 aromatic rings. The highest BCUT2D eigenvalue weighted by Gasteiger charge is 2.34. The highest BCUT2D eigenvalue weighted by molar-refractivity contribution is 6.05. The van der Waals surface area contributed by atoms with Gasteiger partial charge in [-0.25, -0.2) is 13.5 Å². The Morgan fingerprint density at radius 1 is 1.07 bits per heavy atom. The first kappa shape index (κ1) is 18.6. The molecule has 0 aliphatic heterocycles. The second-order valence-corrected chi connectivity index (χ2v) is 5.65. The average Bonchev–Trinajstić information content (AvgIpc) is 2.97. The minimum Gasteiger partial charge on any atom is -0.322 e. The number of nitrogens with zero attached hydrogens (tertiary/aromatic N) is 2. The molecule has 0 saturated heterocycles. The van der Waals surface area contributed by atoms with E-state index in [1.165, 1.54) is 36.0 Å². The van der Waals surface area contributed by atoms with Crippen LogP contribution < -0.4 is 5.32 Å². The summed E-state index contributed by atoms with van der Waals surface area (Å²) in [5, 5.41) is 6.22. The van der Waals surface area contributed by atoms with Crippen molar-refractivity contribution in [1.82, 2.24) is 9.78 Å². The number of halogens is 5. The molecule has 2 aromatic carbocycles. The summed E-state index contributed by atoms with van der Waals surface area (Å²) < 4.78 is 66.8. The van der Waals surface area contributed by atoms with E-state index in [0.29, 0.717) is 12.1 Å². The molecule has 1 N–H and O–H groups in total. The van der Waals surface area contributed by atoms with Crippen LogP contribution in [0.3, 0.4) is 0 Å². The van der Waals surface area contributed by atoms with E-state index >= 15 is 0 Å². The molecule has 4 nitrogen and oxygen atoms in total. The topological polar surface area (TPSA) is 46.9 Å². The molecule has 0 saturated carbocycles. The predicted octanol–water partition coefficient (Wildman–Crippen LogP) is 4.73. The van der Waals surface area contributed by atoms with Crippen LogP contribution in [0, 0.1) is 18.6 Å². The van der Waals surface area contributed by atoms with Crippen molar-refractivity contribution in [3.8, 4) is 5.69 Å². The van der Waals surface area contributed by atoms with E-state index in [-0.39, 0.29) is 22.6 Å². The molecule has 0 unspecified atom stereocenters. The zero-order chi connectivity index (χ0) is 19.8. The maximum atomic E-state index is 13.9. The molecule has 0 spiro atoms. The Balaban J connectivity index is 1.89. The number of aromatic nitrogens is 2. The maximum Gasteiger partial charge on any atom is 0.419 e. The van der Waals surface area contributed by atoms with Crippen molar-refractivity contribution in [2.24, 2.45) is 0 Å². The zero-order valence-electron chi connectivity index (χ0n) is 13.8. The SMILES string of the molecule is Cc1c(C(=O)Nc2ccc(F)c(C(F)(F)F)c2)cnn1-c1ccccc1F. The fraction of sp³-hybridized carbons (Fsp3) is 0.111. The van der Waals surface area contributed by atoms with Gasteiger partial charge in [0.1, 0.15) is 17.3 Å². The van der Waals surface area contributed by atoms with Crippen LogP contribution in [0.4, 0.5) is 27.6 Å². The van der Waals surface area contributed by atoms with Crippen LogP contribution in [-0.2, 0) is 6.18 Å². The van der Waals surface area contributed by atoms with Gasteiger partial charge in [-0.05, 0) is 37.3 Å². The molecule has 0 aliphatic carbocycles. The summed E-state index contributed by atoms with van der Waals surface area (Å²) >= 11 is 0. The van der Waals surface area contributed by atoms with Gasteiger partial charge in [-0.15, -0.1) is 0 Å². The maximum absolute atomic E-state index is 13.9. The molecule has 0 radical (unpaired) electrons. The fourth-order valence-electron chi connectivity index (χ4n) is 2.52. The number of anilines is 1. The predicted molar refractivity (Wildman–Crippen MR) is 87.6 cm³/mol. The molecule has 0 atom stereocenters. The molecule has 1 heterocycles. The van der Waals surface area contributed by atoms with Gasteiger partial charge in [-0.3, -0.25) is 4.79 Å². The summed E-state index contributed by atoms with van der Waals surface area (Å²) in [6.07, 6.45) is -3.72. The largest absolute Gasteiger partial charge is 0.419 e. The molecule has 3 rings (SSSR count). The molecule has 0 bridgehead atoms. The van der Waals surface area contributed by atoms with Gasteiger partial charge in [0.05, 0.1) is 23.0 Å². The third-order valence-corrected chi connectivity index (χ3v) is 3.86. The summed E-state index contributed by atoms with van der Waals surface area (Å²) in [5.41, 5.74) is -1.27. The molecule has 140 valence electrons. The molecule has 1 aromatic heterocycles. The minimum absolute atomic E-state index is 0.0381. The van der Waals surface area contributed by atoms with E-state index in [9.17, 15) is 26.7 Å². The number of benzene rings is 2. The quantitative estimate of drug-likeness (QED) is 0.667. The number of hydrogen-bond acceptors (Lipinski definition) is 2. The van der Waals surface area contributed by atoms with Crippen LogP contribution in [0.2, 0.25) is 0 Å². The third-order valence-electron chi connectivity index (χ3n) is 3.86. The molecule has 27 heavy (non-hydrogen) atoms. The van der Waals surface area contributed by atoms with Crippen molar-refractivity contribution in [2.75, 3.05) is 5.32 Å².